The van der Waals surface area contributed by atoms with E-state index >= 15 is 0 Å². The number of imidazole rings is 1. The van der Waals surface area contributed by atoms with Gasteiger partial charge in [-0.25, -0.2) is 4.98 Å². The lowest BCUT2D eigenvalue weighted by atomic mass is 9.97. The molecule has 2 aromatic carbocycles. The van der Waals surface area contributed by atoms with E-state index in [0.717, 1.165) is 33.7 Å². The molecule has 4 heteroatoms. The highest BCUT2D eigenvalue weighted by Gasteiger charge is 2.28. The molecule has 0 amide bonds. The molecule has 1 atom stereocenters. The van der Waals surface area contributed by atoms with Gasteiger partial charge in [0, 0.05) is 11.8 Å². The van der Waals surface area contributed by atoms with Gasteiger partial charge >= 0.3 is 5.97 Å². The highest BCUT2D eigenvalue weighted by atomic mass is 16.5. The van der Waals surface area contributed by atoms with Gasteiger partial charge in [-0.2, -0.15) is 0 Å². The SMILES string of the molecule is CCOC(=O)C(CC)c1c(-c2ccccc2)nc2cc(-c3ccccc3)ccn12. The Morgan fingerprint density at radius 2 is 1.59 bits per heavy atom. The number of nitrogens with zero attached hydrogens (tertiary/aromatic N) is 2. The van der Waals surface area contributed by atoms with Gasteiger partial charge in [-0.3, -0.25) is 4.79 Å². The lowest BCUT2D eigenvalue weighted by Gasteiger charge is -2.15. The molecule has 146 valence electrons. The molecular formula is C25H24N2O2. The predicted octanol–water partition coefficient (Wildman–Crippen LogP) is 5.73. The smallest absolute Gasteiger partial charge is 0.315 e. The number of carbonyl (C=O) groups excluding carboxylic acids is 1. The maximum atomic E-state index is 12.7. The Morgan fingerprint density at radius 3 is 2.21 bits per heavy atom. The summed E-state index contributed by atoms with van der Waals surface area (Å²) in [6.45, 7) is 4.21. The van der Waals surface area contributed by atoms with Crippen LogP contribution >= 0.6 is 0 Å². The van der Waals surface area contributed by atoms with Crippen molar-refractivity contribution in [3.8, 4) is 22.4 Å². The number of hydrogen-bond acceptors (Lipinski definition) is 3. The van der Waals surface area contributed by atoms with E-state index in [-0.39, 0.29) is 11.9 Å². The minimum atomic E-state index is -0.372. The molecule has 0 aliphatic rings. The summed E-state index contributed by atoms with van der Waals surface area (Å²) in [5.41, 5.74) is 5.76. The van der Waals surface area contributed by atoms with Gasteiger partial charge in [0.1, 0.15) is 5.65 Å². The summed E-state index contributed by atoms with van der Waals surface area (Å²) in [6, 6.07) is 24.4. The third-order valence-electron chi connectivity index (χ3n) is 5.13. The Kier molecular flexibility index (Phi) is 5.43. The predicted molar refractivity (Wildman–Crippen MR) is 116 cm³/mol. The Bertz CT molecular complexity index is 1120. The van der Waals surface area contributed by atoms with E-state index in [1.165, 1.54) is 0 Å². The highest BCUT2D eigenvalue weighted by Crippen LogP contribution is 2.34. The van der Waals surface area contributed by atoms with E-state index in [0.29, 0.717) is 13.0 Å². The zero-order chi connectivity index (χ0) is 20.2. The van der Waals surface area contributed by atoms with Crippen LogP contribution in [0.2, 0.25) is 0 Å². The van der Waals surface area contributed by atoms with Crippen LogP contribution in [0.25, 0.3) is 28.0 Å². The molecular weight excluding hydrogens is 360 g/mol. The molecule has 0 saturated carbocycles. The Morgan fingerprint density at radius 1 is 0.931 bits per heavy atom. The van der Waals surface area contributed by atoms with Gasteiger partial charge in [0.25, 0.3) is 0 Å². The van der Waals surface area contributed by atoms with Gasteiger partial charge in [-0.15, -0.1) is 0 Å². The van der Waals surface area contributed by atoms with E-state index in [4.69, 9.17) is 9.72 Å². The standard InChI is InChI=1S/C25H24N2O2/c1-3-21(25(28)29-4-2)24-23(19-13-9-6-10-14-19)26-22-17-20(15-16-27(22)24)18-11-7-5-8-12-18/h5-17,21H,3-4H2,1-2H3. The highest BCUT2D eigenvalue weighted by molar-refractivity contribution is 5.82. The summed E-state index contributed by atoms with van der Waals surface area (Å²) in [5, 5.41) is 0. The van der Waals surface area contributed by atoms with Gasteiger partial charge in [0.2, 0.25) is 0 Å². The molecule has 0 radical (unpaired) electrons. The molecule has 0 spiro atoms. The molecule has 0 N–H and O–H groups in total. The molecule has 0 saturated heterocycles. The molecule has 4 nitrogen and oxygen atoms in total. The van der Waals surface area contributed by atoms with Gasteiger partial charge in [0.05, 0.1) is 23.9 Å². The summed E-state index contributed by atoms with van der Waals surface area (Å²) >= 11 is 0. The fourth-order valence-corrected chi connectivity index (χ4v) is 3.73. The lowest BCUT2D eigenvalue weighted by molar-refractivity contribution is -0.145. The van der Waals surface area contributed by atoms with Crippen molar-refractivity contribution in [1.29, 1.82) is 0 Å². The maximum absolute atomic E-state index is 12.7. The van der Waals surface area contributed by atoms with Crippen molar-refractivity contribution in [3.05, 3.63) is 84.7 Å². The van der Waals surface area contributed by atoms with Crippen LogP contribution in [-0.4, -0.2) is 22.0 Å². The van der Waals surface area contributed by atoms with Gasteiger partial charge < -0.3 is 9.14 Å². The summed E-state index contributed by atoms with van der Waals surface area (Å²) in [5.74, 6) is -0.580. The lowest BCUT2D eigenvalue weighted by Crippen LogP contribution is -2.17. The second kappa shape index (κ2) is 8.31. The monoisotopic (exact) mass is 384 g/mol. The normalized spacial score (nSPS) is 12.1. The Labute approximate surface area is 170 Å². The number of fused-ring (bicyclic) bond motifs is 1. The van der Waals surface area contributed by atoms with Crippen LogP contribution < -0.4 is 0 Å². The van der Waals surface area contributed by atoms with Crippen molar-refractivity contribution >= 4 is 11.6 Å². The van der Waals surface area contributed by atoms with Crippen LogP contribution in [0.5, 0.6) is 0 Å². The molecule has 0 fully saturated rings. The summed E-state index contributed by atoms with van der Waals surface area (Å²) < 4.78 is 7.40. The molecule has 4 aromatic rings. The van der Waals surface area contributed by atoms with Gasteiger partial charge in [-0.1, -0.05) is 67.6 Å². The summed E-state index contributed by atoms with van der Waals surface area (Å²) in [7, 11) is 0. The van der Waals surface area contributed by atoms with Crippen LogP contribution in [0.1, 0.15) is 31.9 Å². The van der Waals surface area contributed by atoms with Crippen LogP contribution in [0.4, 0.5) is 0 Å². The molecule has 4 rings (SSSR count). The maximum Gasteiger partial charge on any atom is 0.315 e. The van der Waals surface area contributed by atoms with Crippen molar-refractivity contribution in [1.82, 2.24) is 9.38 Å². The fourth-order valence-electron chi connectivity index (χ4n) is 3.73. The fraction of sp³-hybridized carbons (Fsp3) is 0.200. The molecule has 0 aliphatic heterocycles. The van der Waals surface area contributed by atoms with E-state index < -0.39 is 0 Å². The number of carbonyl (C=O) groups is 1. The van der Waals surface area contributed by atoms with E-state index in [1.54, 1.807) is 0 Å². The number of hydrogen-bond donors (Lipinski definition) is 0. The first kappa shape index (κ1) is 18.9. The largest absolute Gasteiger partial charge is 0.465 e. The average molecular weight is 384 g/mol. The van der Waals surface area contributed by atoms with Crippen molar-refractivity contribution < 1.29 is 9.53 Å². The first-order valence-corrected chi connectivity index (χ1v) is 10.0. The van der Waals surface area contributed by atoms with Crippen molar-refractivity contribution in [2.24, 2.45) is 0 Å². The summed E-state index contributed by atoms with van der Waals surface area (Å²) in [4.78, 5) is 17.7. The number of ether oxygens (including phenoxy) is 1. The molecule has 0 bridgehead atoms. The quantitative estimate of drug-likeness (QED) is 0.399. The zero-order valence-corrected chi connectivity index (χ0v) is 16.7. The molecule has 0 aliphatic carbocycles. The van der Waals surface area contributed by atoms with Crippen molar-refractivity contribution in [3.63, 3.8) is 0 Å². The second-order valence-electron chi connectivity index (χ2n) is 6.93. The van der Waals surface area contributed by atoms with E-state index in [1.807, 2.05) is 73.0 Å². The number of rotatable bonds is 6. The third kappa shape index (κ3) is 3.66. The molecule has 2 aromatic heterocycles. The number of esters is 1. The van der Waals surface area contributed by atoms with Gasteiger partial charge in [0.15, 0.2) is 0 Å². The average Bonchev–Trinajstić information content (AvgIpc) is 3.14. The van der Waals surface area contributed by atoms with Crippen LogP contribution in [0.3, 0.4) is 0 Å². The second-order valence-corrected chi connectivity index (χ2v) is 6.93. The number of pyridine rings is 1. The first-order valence-electron chi connectivity index (χ1n) is 10.0. The van der Waals surface area contributed by atoms with Crippen molar-refractivity contribution in [2.75, 3.05) is 6.61 Å². The van der Waals surface area contributed by atoms with E-state index in [2.05, 4.69) is 24.3 Å². The van der Waals surface area contributed by atoms with Crippen LogP contribution in [0, 0.1) is 0 Å². The minimum Gasteiger partial charge on any atom is -0.465 e. The van der Waals surface area contributed by atoms with Gasteiger partial charge in [-0.05, 0) is 36.6 Å². The minimum absolute atomic E-state index is 0.207. The summed E-state index contributed by atoms with van der Waals surface area (Å²) in [6.07, 6.45) is 2.65. The number of aromatic nitrogens is 2. The molecule has 1 unspecified atom stereocenters. The van der Waals surface area contributed by atoms with Crippen LogP contribution in [0.15, 0.2) is 79.0 Å². The Balaban J connectivity index is 1.92. The van der Waals surface area contributed by atoms with Crippen molar-refractivity contribution in [2.45, 2.75) is 26.2 Å². The first-order chi connectivity index (χ1) is 14.2. The molecule has 2 heterocycles. The molecule has 29 heavy (non-hydrogen) atoms. The number of benzene rings is 2. The zero-order valence-electron chi connectivity index (χ0n) is 16.7. The third-order valence-corrected chi connectivity index (χ3v) is 5.13. The topological polar surface area (TPSA) is 43.6 Å². The van der Waals surface area contributed by atoms with Crippen LogP contribution in [-0.2, 0) is 9.53 Å². The Hall–Kier alpha value is -3.40. The van der Waals surface area contributed by atoms with E-state index in [9.17, 15) is 4.79 Å².